The van der Waals surface area contributed by atoms with Crippen molar-refractivity contribution < 1.29 is 13.9 Å². The molecule has 5 N–H and O–H groups in total. The van der Waals surface area contributed by atoms with Crippen LogP contribution in [0.3, 0.4) is 0 Å². The zero-order chi connectivity index (χ0) is 15.4. The molecule has 1 heterocycles. The number of hydrogen-bond acceptors (Lipinski definition) is 5. The van der Waals surface area contributed by atoms with Gasteiger partial charge in [-0.1, -0.05) is 0 Å². The van der Waals surface area contributed by atoms with Gasteiger partial charge < -0.3 is 21.5 Å². The van der Waals surface area contributed by atoms with E-state index in [0.29, 0.717) is 18.8 Å². The van der Waals surface area contributed by atoms with Crippen molar-refractivity contribution >= 4 is 23.0 Å². The van der Waals surface area contributed by atoms with Gasteiger partial charge in [-0.25, -0.2) is 4.39 Å². The molecule has 0 atom stereocenters. The predicted molar refractivity (Wildman–Crippen MR) is 76.7 cm³/mol. The summed E-state index contributed by atoms with van der Waals surface area (Å²) in [6.45, 7) is 1.10. The van der Waals surface area contributed by atoms with Gasteiger partial charge in [0.05, 0.1) is 36.3 Å². The van der Waals surface area contributed by atoms with Crippen LogP contribution in [0.5, 0.6) is 0 Å². The van der Waals surface area contributed by atoms with Crippen molar-refractivity contribution in [1.82, 2.24) is 9.78 Å². The summed E-state index contributed by atoms with van der Waals surface area (Å²) in [5.41, 5.74) is 11.5. The molecule has 0 radical (unpaired) electrons. The van der Waals surface area contributed by atoms with E-state index in [1.54, 1.807) is 18.0 Å². The molecule has 1 aromatic carbocycles. The van der Waals surface area contributed by atoms with Crippen molar-refractivity contribution in [1.29, 1.82) is 0 Å². The van der Waals surface area contributed by atoms with E-state index in [2.05, 4.69) is 10.4 Å². The number of halogens is 1. The summed E-state index contributed by atoms with van der Waals surface area (Å²) in [5, 5.41) is 6.92. The molecule has 1 aromatic heterocycles. The molecular formula is C13H16FN5O2. The third-order valence-electron chi connectivity index (χ3n) is 2.84. The number of hydrogen-bond donors (Lipinski definition) is 3. The molecule has 0 unspecified atom stereocenters. The fourth-order valence-electron chi connectivity index (χ4n) is 1.79. The molecule has 0 bridgehead atoms. The molecule has 0 fully saturated rings. The fourth-order valence-corrected chi connectivity index (χ4v) is 1.79. The number of aromatic nitrogens is 2. The second kappa shape index (κ2) is 6.23. The summed E-state index contributed by atoms with van der Waals surface area (Å²) >= 11 is 0. The third kappa shape index (κ3) is 3.48. The molecular weight excluding hydrogens is 277 g/mol. The highest BCUT2D eigenvalue weighted by molar-refractivity contribution is 5.99. The molecule has 2 rings (SSSR count). The molecule has 112 valence electrons. The molecule has 0 aliphatic heterocycles. The lowest BCUT2D eigenvalue weighted by atomic mass is 10.1. The van der Waals surface area contributed by atoms with E-state index in [1.807, 2.05) is 0 Å². The van der Waals surface area contributed by atoms with Gasteiger partial charge in [0.15, 0.2) is 0 Å². The van der Waals surface area contributed by atoms with Gasteiger partial charge in [-0.15, -0.1) is 0 Å². The molecule has 0 aliphatic rings. The summed E-state index contributed by atoms with van der Waals surface area (Å²) in [7, 11) is 1.60. The largest absolute Gasteiger partial charge is 0.398 e. The SMILES string of the molecule is COCCn1cc(Nc2cc(C(N)=O)c(N)cc2F)cn1. The molecule has 8 heteroatoms. The molecule has 1 amide bonds. The van der Waals surface area contributed by atoms with E-state index >= 15 is 0 Å². The highest BCUT2D eigenvalue weighted by atomic mass is 19.1. The molecule has 0 aliphatic carbocycles. The van der Waals surface area contributed by atoms with Gasteiger partial charge in [-0.3, -0.25) is 9.48 Å². The Balaban J connectivity index is 2.21. The number of anilines is 3. The highest BCUT2D eigenvalue weighted by Gasteiger charge is 2.12. The Morgan fingerprint density at radius 2 is 2.29 bits per heavy atom. The molecule has 0 spiro atoms. The van der Waals surface area contributed by atoms with Crippen LogP contribution in [-0.4, -0.2) is 29.4 Å². The lowest BCUT2D eigenvalue weighted by Crippen LogP contribution is -2.14. The van der Waals surface area contributed by atoms with Crippen molar-refractivity contribution in [3.63, 3.8) is 0 Å². The van der Waals surface area contributed by atoms with E-state index in [9.17, 15) is 9.18 Å². The Morgan fingerprint density at radius 3 is 2.95 bits per heavy atom. The Labute approximate surface area is 120 Å². The number of nitrogens with one attached hydrogen (secondary N) is 1. The second-order valence-electron chi connectivity index (χ2n) is 4.39. The van der Waals surface area contributed by atoms with Gasteiger partial charge in [-0.2, -0.15) is 5.10 Å². The Kier molecular flexibility index (Phi) is 4.39. The van der Waals surface area contributed by atoms with Gasteiger partial charge in [0.1, 0.15) is 5.82 Å². The summed E-state index contributed by atoms with van der Waals surface area (Å²) in [6, 6.07) is 2.33. The quantitative estimate of drug-likeness (QED) is 0.691. The maximum Gasteiger partial charge on any atom is 0.250 e. The first-order chi connectivity index (χ1) is 10.0. The van der Waals surface area contributed by atoms with Gasteiger partial charge in [0, 0.05) is 19.0 Å². The van der Waals surface area contributed by atoms with E-state index in [-0.39, 0.29) is 16.9 Å². The van der Waals surface area contributed by atoms with Crippen molar-refractivity contribution in [2.24, 2.45) is 5.73 Å². The number of amides is 1. The number of carbonyl (C=O) groups excluding carboxylic acids is 1. The van der Waals surface area contributed by atoms with Crippen LogP contribution in [0.4, 0.5) is 21.5 Å². The first kappa shape index (κ1) is 14.8. The number of carbonyl (C=O) groups is 1. The summed E-state index contributed by atoms with van der Waals surface area (Å²) in [4.78, 5) is 11.2. The number of ether oxygens (including phenoxy) is 1. The number of benzene rings is 1. The average Bonchev–Trinajstić information content (AvgIpc) is 2.86. The number of nitrogens with two attached hydrogens (primary N) is 2. The number of primary amides is 1. The Hall–Kier alpha value is -2.61. The van der Waals surface area contributed by atoms with Crippen molar-refractivity contribution in [2.75, 3.05) is 24.8 Å². The smallest absolute Gasteiger partial charge is 0.250 e. The number of nitrogen functional groups attached to an aromatic ring is 1. The van der Waals surface area contributed by atoms with Crippen LogP contribution in [0.2, 0.25) is 0 Å². The van der Waals surface area contributed by atoms with Gasteiger partial charge >= 0.3 is 0 Å². The zero-order valence-electron chi connectivity index (χ0n) is 11.5. The average molecular weight is 293 g/mol. The van der Waals surface area contributed by atoms with Crippen LogP contribution in [0.1, 0.15) is 10.4 Å². The van der Waals surface area contributed by atoms with Crippen LogP contribution in [0.25, 0.3) is 0 Å². The standard InChI is InChI=1S/C13H16FN5O2/c1-21-3-2-19-7-8(6-17-19)18-12-4-9(13(16)20)11(15)5-10(12)14/h4-7,18H,2-3,15H2,1H3,(H2,16,20). The van der Waals surface area contributed by atoms with Crippen LogP contribution in [0, 0.1) is 5.82 Å². The number of rotatable bonds is 6. The molecule has 2 aromatic rings. The molecule has 0 saturated heterocycles. The number of nitrogens with zero attached hydrogens (tertiary/aromatic N) is 2. The van der Waals surface area contributed by atoms with Crippen molar-refractivity contribution in [3.8, 4) is 0 Å². The van der Waals surface area contributed by atoms with Crippen LogP contribution in [0.15, 0.2) is 24.5 Å². The maximum atomic E-state index is 13.8. The fraction of sp³-hybridized carbons (Fsp3) is 0.231. The maximum absolute atomic E-state index is 13.8. The normalized spacial score (nSPS) is 10.6. The summed E-state index contributed by atoms with van der Waals surface area (Å²) in [6.07, 6.45) is 3.23. The minimum absolute atomic E-state index is 0.00124. The lowest BCUT2D eigenvalue weighted by molar-refractivity contribution is 0.100. The van der Waals surface area contributed by atoms with Crippen LogP contribution >= 0.6 is 0 Å². The van der Waals surface area contributed by atoms with E-state index in [0.717, 1.165) is 6.07 Å². The summed E-state index contributed by atoms with van der Waals surface area (Å²) < 4.78 is 20.4. The molecule has 0 saturated carbocycles. The summed E-state index contributed by atoms with van der Waals surface area (Å²) in [5.74, 6) is -1.30. The predicted octanol–water partition coefficient (Wildman–Crippen LogP) is 1.09. The van der Waals surface area contributed by atoms with E-state index in [1.165, 1.54) is 12.3 Å². The van der Waals surface area contributed by atoms with Gasteiger partial charge in [-0.05, 0) is 12.1 Å². The monoisotopic (exact) mass is 293 g/mol. The van der Waals surface area contributed by atoms with E-state index < -0.39 is 11.7 Å². The van der Waals surface area contributed by atoms with Gasteiger partial charge in [0.25, 0.3) is 5.91 Å². The third-order valence-corrected chi connectivity index (χ3v) is 2.84. The molecule has 7 nitrogen and oxygen atoms in total. The highest BCUT2D eigenvalue weighted by Crippen LogP contribution is 2.25. The number of methoxy groups -OCH3 is 1. The lowest BCUT2D eigenvalue weighted by Gasteiger charge is -2.09. The Morgan fingerprint density at radius 1 is 1.52 bits per heavy atom. The van der Waals surface area contributed by atoms with E-state index in [4.69, 9.17) is 16.2 Å². The minimum atomic E-state index is -0.716. The van der Waals surface area contributed by atoms with Crippen molar-refractivity contribution in [3.05, 3.63) is 35.9 Å². The first-order valence-corrected chi connectivity index (χ1v) is 6.18. The van der Waals surface area contributed by atoms with Crippen LogP contribution in [-0.2, 0) is 11.3 Å². The minimum Gasteiger partial charge on any atom is -0.398 e. The Bertz CT molecular complexity index is 656. The molecule has 21 heavy (non-hydrogen) atoms. The zero-order valence-corrected chi connectivity index (χ0v) is 11.5. The first-order valence-electron chi connectivity index (χ1n) is 6.18. The van der Waals surface area contributed by atoms with Crippen LogP contribution < -0.4 is 16.8 Å². The van der Waals surface area contributed by atoms with Gasteiger partial charge in [0.2, 0.25) is 0 Å². The van der Waals surface area contributed by atoms with Crippen molar-refractivity contribution in [2.45, 2.75) is 6.54 Å². The topological polar surface area (TPSA) is 108 Å². The second-order valence-corrected chi connectivity index (χ2v) is 4.39.